The number of benzene rings is 1. The van der Waals surface area contributed by atoms with Gasteiger partial charge in [-0.1, -0.05) is 17.7 Å². The van der Waals surface area contributed by atoms with Gasteiger partial charge in [0.05, 0.1) is 0 Å². The number of hydrogen-bond donors (Lipinski definition) is 1. The number of carbonyl (C=O) groups excluding carboxylic acids is 1. The number of aromatic nitrogens is 2. The first kappa shape index (κ1) is 12.4. The van der Waals surface area contributed by atoms with E-state index in [2.05, 4.69) is 10.4 Å². The number of carbonyl (C=O) groups is 1. The topological polar surface area (TPSA) is 46.9 Å². The van der Waals surface area contributed by atoms with E-state index < -0.39 is 0 Å². The molecule has 1 heterocycles. The number of aryl methyl sites for hydroxylation is 2. The molecule has 0 atom stereocenters. The molecule has 0 aliphatic heterocycles. The van der Waals surface area contributed by atoms with Crippen LogP contribution in [0.25, 0.3) is 0 Å². The molecule has 0 unspecified atom stereocenters. The highest BCUT2D eigenvalue weighted by Gasteiger charge is 2.03. The number of hydrogen-bond acceptors (Lipinski definition) is 2. The standard InChI is InChI=1S/C14H17N3O/c1-12-4-6-13(7-5-12)14(18)15-8-2-10-17-11-3-9-16-17/h3-7,9,11H,2,8,10H2,1H3,(H,15,18). The molecule has 0 aliphatic rings. The largest absolute Gasteiger partial charge is 0.352 e. The van der Waals surface area contributed by atoms with Gasteiger partial charge < -0.3 is 5.32 Å². The minimum Gasteiger partial charge on any atom is -0.352 e. The quantitative estimate of drug-likeness (QED) is 0.817. The maximum absolute atomic E-state index is 11.8. The highest BCUT2D eigenvalue weighted by molar-refractivity contribution is 5.94. The van der Waals surface area contributed by atoms with Gasteiger partial charge in [0, 0.05) is 31.0 Å². The zero-order valence-corrected chi connectivity index (χ0v) is 10.5. The van der Waals surface area contributed by atoms with E-state index in [1.807, 2.05) is 48.1 Å². The van der Waals surface area contributed by atoms with Gasteiger partial charge >= 0.3 is 0 Å². The van der Waals surface area contributed by atoms with Gasteiger partial charge in [0.25, 0.3) is 5.91 Å². The maximum atomic E-state index is 11.8. The average molecular weight is 243 g/mol. The van der Waals surface area contributed by atoms with E-state index >= 15 is 0 Å². The van der Waals surface area contributed by atoms with E-state index in [-0.39, 0.29) is 5.91 Å². The van der Waals surface area contributed by atoms with Crippen LogP contribution in [-0.2, 0) is 6.54 Å². The lowest BCUT2D eigenvalue weighted by Gasteiger charge is -2.05. The molecule has 4 heteroatoms. The van der Waals surface area contributed by atoms with Gasteiger partial charge in [-0.2, -0.15) is 5.10 Å². The minimum atomic E-state index is -0.0181. The van der Waals surface area contributed by atoms with E-state index in [9.17, 15) is 4.79 Å². The van der Waals surface area contributed by atoms with Crippen molar-refractivity contribution >= 4 is 5.91 Å². The Morgan fingerprint density at radius 1 is 1.33 bits per heavy atom. The van der Waals surface area contributed by atoms with Crippen LogP contribution < -0.4 is 5.32 Å². The van der Waals surface area contributed by atoms with E-state index in [1.165, 1.54) is 0 Å². The Labute approximate surface area is 107 Å². The van der Waals surface area contributed by atoms with Crippen molar-refractivity contribution < 1.29 is 4.79 Å². The Balaban J connectivity index is 1.73. The van der Waals surface area contributed by atoms with Crippen molar-refractivity contribution in [2.45, 2.75) is 19.9 Å². The van der Waals surface area contributed by atoms with Gasteiger partial charge in [-0.05, 0) is 31.5 Å². The molecule has 1 amide bonds. The molecule has 0 fully saturated rings. The van der Waals surface area contributed by atoms with Crippen LogP contribution in [0.1, 0.15) is 22.3 Å². The van der Waals surface area contributed by atoms with Gasteiger partial charge in [0.15, 0.2) is 0 Å². The SMILES string of the molecule is Cc1ccc(C(=O)NCCCn2cccn2)cc1. The highest BCUT2D eigenvalue weighted by Crippen LogP contribution is 2.02. The molecular formula is C14H17N3O. The third kappa shape index (κ3) is 3.45. The molecule has 0 bridgehead atoms. The smallest absolute Gasteiger partial charge is 0.251 e. The van der Waals surface area contributed by atoms with Gasteiger partial charge in [0.2, 0.25) is 0 Å². The van der Waals surface area contributed by atoms with Gasteiger partial charge in [-0.25, -0.2) is 0 Å². The number of rotatable bonds is 5. The van der Waals surface area contributed by atoms with Crippen molar-refractivity contribution in [2.75, 3.05) is 6.54 Å². The highest BCUT2D eigenvalue weighted by atomic mass is 16.1. The second-order valence-electron chi connectivity index (χ2n) is 4.24. The zero-order valence-electron chi connectivity index (χ0n) is 10.5. The van der Waals surface area contributed by atoms with Crippen LogP contribution in [0.15, 0.2) is 42.7 Å². The normalized spacial score (nSPS) is 10.3. The minimum absolute atomic E-state index is 0.0181. The first-order valence-corrected chi connectivity index (χ1v) is 6.08. The molecule has 0 spiro atoms. The molecule has 0 radical (unpaired) electrons. The van der Waals surface area contributed by atoms with Gasteiger partial charge in [0.1, 0.15) is 0 Å². The predicted octanol–water partition coefficient (Wildman–Crippen LogP) is 2.01. The molecule has 0 aliphatic carbocycles. The first-order valence-electron chi connectivity index (χ1n) is 6.08. The zero-order chi connectivity index (χ0) is 12.8. The van der Waals surface area contributed by atoms with Crippen LogP contribution in [0, 0.1) is 6.92 Å². The Morgan fingerprint density at radius 2 is 2.11 bits per heavy atom. The van der Waals surface area contributed by atoms with E-state index in [0.29, 0.717) is 12.1 Å². The third-order valence-electron chi connectivity index (χ3n) is 2.72. The molecule has 0 saturated heterocycles. The Bertz CT molecular complexity index is 488. The molecule has 0 saturated carbocycles. The summed E-state index contributed by atoms with van der Waals surface area (Å²) in [7, 11) is 0. The summed E-state index contributed by atoms with van der Waals surface area (Å²) in [5.74, 6) is -0.0181. The van der Waals surface area contributed by atoms with Crippen molar-refractivity contribution in [1.29, 1.82) is 0 Å². The second-order valence-corrected chi connectivity index (χ2v) is 4.24. The lowest BCUT2D eigenvalue weighted by Crippen LogP contribution is -2.25. The number of amides is 1. The van der Waals surface area contributed by atoms with Gasteiger partial charge in [-0.15, -0.1) is 0 Å². The summed E-state index contributed by atoms with van der Waals surface area (Å²) >= 11 is 0. The van der Waals surface area contributed by atoms with Crippen LogP contribution >= 0.6 is 0 Å². The molecule has 94 valence electrons. The van der Waals surface area contributed by atoms with Crippen LogP contribution in [0.2, 0.25) is 0 Å². The summed E-state index contributed by atoms with van der Waals surface area (Å²) in [5.41, 5.74) is 1.87. The molecule has 1 aromatic heterocycles. The Kier molecular flexibility index (Phi) is 4.12. The van der Waals surface area contributed by atoms with Crippen LogP contribution in [0.4, 0.5) is 0 Å². The fourth-order valence-electron chi connectivity index (χ4n) is 1.68. The monoisotopic (exact) mass is 243 g/mol. The van der Waals surface area contributed by atoms with Crippen molar-refractivity contribution in [3.05, 3.63) is 53.9 Å². The van der Waals surface area contributed by atoms with Crippen molar-refractivity contribution in [3.8, 4) is 0 Å². The number of nitrogens with one attached hydrogen (secondary N) is 1. The molecule has 2 rings (SSSR count). The molecule has 1 N–H and O–H groups in total. The third-order valence-corrected chi connectivity index (χ3v) is 2.72. The first-order chi connectivity index (χ1) is 8.75. The predicted molar refractivity (Wildman–Crippen MR) is 70.4 cm³/mol. The summed E-state index contributed by atoms with van der Waals surface area (Å²) in [6.07, 6.45) is 4.55. The fraction of sp³-hybridized carbons (Fsp3) is 0.286. The van der Waals surface area contributed by atoms with Gasteiger partial charge in [-0.3, -0.25) is 9.48 Å². The van der Waals surface area contributed by atoms with Crippen LogP contribution in [0.5, 0.6) is 0 Å². The van der Waals surface area contributed by atoms with E-state index in [1.54, 1.807) is 6.20 Å². The molecule has 1 aromatic carbocycles. The second kappa shape index (κ2) is 6.00. The molecule has 4 nitrogen and oxygen atoms in total. The van der Waals surface area contributed by atoms with E-state index in [0.717, 1.165) is 18.5 Å². The molecular weight excluding hydrogens is 226 g/mol. The Morgan fingerprint density at radius 3 is 2.78 bits per heavy atom. The summed E-state index contributed by atoms with van der Waals surface area (Å²) in [6.45, 7) is 3.49. The van der Waals surface area contributed by atoms with Crippen LogP contribution in [0.3, 0.4) is 0 Å². The summed E-state index contributed by atoms with van der Waals surface area (Å²) in [6, 6.07) is 9.47. The summed E-state index contributed by atoms with van der Waals surface area (Å²) < 4.78 is 1.86. The average Bonchev–Trinajstić information content (AvgIpc) is 2.88. The van der Waals surface area contributed by atoms with Crippen molar-refractivity contribution in [3.63, 3.8) is 0 Å². The van der Waals surface area contributed by atoms with E-state index in [4.69, 9.17) is 0 Å². The lowest BCUT2D eigenvalue weighted by molar-refractivity contribution is 0.0952. The maximum Gasteiger partial charge on any atom is 0.251 e. The van der Waals surface area contributed by atoms with Crippen molar-refractivity contribution in [1.82, 2.24) is 15.1 Å². The Hall–Kier alpha value is -2.10. The number of nitrogens with zero attached hydrogens (tertiary/aromatic N) is 2. The van der Waals surface area contributed by atoms with Crippen LogP contribution in [-0.4, -0.2) is 22.2 Å². The van der Waals surface area contributed by atoms with Crippen molar-refractivity contribution in [2.24, 2.45) is 0 Å². The summed E-state index contributed by atoms with van der Waals surface area (Å²) in [5, 5.41) is 7.01. The fourth-order valence-corrected chi connectivity index (χ4v) is 1.68. The summed E-state index contributed by atoms with van der Waals surface area (Å²) in [4.78, 5) is 11.8. The lowest BCUT2D eigenvalue weighted by atomic mass is 10.1. The molecule has 18 heavy (non-hydrogen) atoms. The molecule has 2 aromatic rings.